The molecule has 4 rings (SSSR count). The number of carbonyl (C=O) groups is 1. The van der Waals surface area contributed by atoms with Crippen LogP contribution in [-0.2, 0) is 11.3 Å². The number of amides is 1. The van der Waals surface area contributed by atoms with E-state index in [1.54, 1.807) is 29.7 Å². The van der Waals surface area contributed by atoms with Crippen LogP contribution >= 0.6 is 24.0 Å². The van der Waals surface area contributed by atoms with Crippen molar-refractivity contribution in [1.29, 1.82) is 0 Å². The second kappa shape index (κ2) is 9.88. The first-order valence-corrected chi connectivity index (χ1v) is 12.1. The van der Waals surface area contributed by atoms with Crippen LogP contribution in [0.4, 0.5) is 5.82 Å². The third-order valence-corrected chi connectivity index (χ3v) is 6.99. The number of nitrogens with one attached hydrogen (secondary N) is 1. The highest BCUT2D eigenvalue weighted by atomic mass is 32.2. The molecule has 0 radical (unpaired) electrons. The molecule has 1 unspecified atom stereocenters. The Morgan fingerprint density at radius 3 is 2.85 bits per heavy atom. The molecule has 1 aliphatic heterocycles. The molecule has 1 aliphatic rings. The lowest BCUT2D eigenvalue weighted by molar-refractivity contribution is -0.123. The van der Waals surface area contributed by atoms with E-state index in [2.05, 4.69) is 10.3 Å². The first kappa shape index (κ1) is 23.2. The Kier molecular flexibility index (Phi) is 6.94. The van der Waals surface area contributed by atoms with Crippen LogP contribution in [0.1, 0.15) is 37.8 Å². The lowest BCUT2D eigenvalue weighted by Crippen LogP contribution is -2.36. The van der Waals surface area contributed by atoms with Gasteiger partial charge in [0.25, 0.3) is 11.5 Å². The van der Waals surface area contributed by atoms with Crippen molar-refractivity contribution in [3.05, 3.63) is 63.4 Å². The summed E-state index contributed by atoms with van der Waals surface area (Å²) in [5, 5.41) is 3.31. The molecule has 1 fully saturated rings. The van der Waals surface area contributed by atoms with Crippen LogP contribution in [0, 0.1) is 6.92 Å². The Labute approximate surface area is 201 Å². The molecule has 1 saturated heterocycles. The summed E-state index contributed by atoms with van der Waals surface area (Å²) in [7, 11) is 0. The summed E-state index contributed by atoms with van der Waals surface area (Å²) in [4.78, 5) is 37.3. The number of aryl methyl sites for hydroxylation is 2. The van der Waals surface area contributed by atoms with Gasteiger partial charge in [0.05, 0.1) is 16.8 Å². The molecule has 1 atom stereocenters. The van der Waals surface area contributed by atoms with Crippen molar-refractivity contribution >= 4 is 51.7 Å². The number of aromatic nitrogens is 4. The molecule has 172 valence electrons. The van der Waals surface area contributed by atoms with E-state index in [0.29, 0.717) is 32.8 Å². The van der Waals surface area contributed by atoms with Gasteiger partial charge < -0.3 is 9.88 Å². The molecular weight excluding hydrogens is 456 g/mol. The Morgan fingerprint density at radius 1 is 1.30 bits per heavy atom. The predicted molar refractivity (Wildman–Crippen MR) is 136 cm³/mol. The van der Waals surface area contributed by atoms with Gasteiger partial charge in [-0.2, -0.15) is 0 Å². The van der Waals surface area contributed by atoms with E-state index in [0.717, 1.165) is 24.9 Å². The monoisotopic (exact) mass is 482 g/mol. The molecule has 33 heavy (non-hydrogen) atoms. The second-order valence-corrected chi connectivity index (χ2v) is 9.63. The first-order valence-electron chi connectivity index (χ1n) is 10.9. The van der Waals surface area contributed by atoms with E-state index in [9.17, 15) is 9.59 Å². The van der Waals surface area contributed by atoms with Gasteiger partial charge in [0.2, 0.25) is 0 Å². The first-order chi connectivity index (χ1) is 15.9. The van der Waals surface area contributed by atoms with Gasteiger partial charge in [-0.3, -0.25) is 18.9 Å². The SMILES string of the molecule is CCC(C)N1C(=O)/C(=C/c2c(NCCCn3ccnc3)nc3c(C)cccn3c2=O)SC1=S. The molecule has 0 spiro atoms. The number of hydrogen-bond donors (Lipinski definition) is 1. The van der Waals surface area contributed by atoms with Crippen molar-refractivity contribution in [3.63, 3.8) is 0 Å². The summed E-state index contributed by atoms with van der Waals surface area (Å²) in [6.45, 7) is 7.31. The highest BCUT2D eigenvalue weighted by Crippen LogP contribution is 2.34. The van der Waals surface area contributed by atoms with Gasteiger partial charge >= 0.3 is 0 Å². The standard InChI is InChI=1S/C23H26N6O2S2/c1-4-16(3)29-22(31)18(33-23(29)32)13-17-19(25-8-6-10-27-12-9-24-14-27)26-20-15(2)7-5-11-28(20)21(17)30/h5,7,9,11-14,16,25H,4,6,8,10H2,1-3H3/b18-13-. The van der Waals surface area contributed by atoms with Crippen molar-refractivity contribution in [3.8, 4) is 0 Å². The van der Waals surface area contributed by atoms with Crippen LogP contribution < -0.4 is 10.9 Å². The summed E-state index contributed by atoms with van der Waals surface area (Å²) < 4.78 is 4.03. The predicted octanol–water partition coefficient (Wildman–Crippen LogP) is 3.70. The van der Waals surface area contributed by atoms with Crippen molar-refractivity contribution < 1.29 is 4.79 Å². The summed E-state index contributed by atoms with van der Waals surface area (Å²) >= 11 is 6.67. The van der Waals surface area contributed by atoms with Crippen molar-refractivity contribution in [2.75, 3.05) is 11.9 Å². The van der Waals surface area contributed by atoms with E-state index in [1.807, 2.05) is 43.7 Å². The van der Waals surface area contributed by atoms with Gasteiger partial charge in [-0.25, -0.2) is 9.97 Å². The topological polar surface area (TPSA) is 84.5 Å². The third-order valence-electron chi connectivity index (χ3n) is 5.66. The van der Waals surface area contributed by atoms with E-state index in [-0.39, 0.29) is 17.5 Å². The Bertz CT molecular complexity index is 1280. The maximum Gasteiger partial charge on any atom is 0.267 e. The molecule has 3 aromatic rings. The fourth-order valence-corrected chi connectivity index (χ4v) is 5.08. The van der Waals surface area contributed by atoms with E-state index >= 15 is 0 Å². The number of anilines is 1. The van der Waals surface area contributed by atoms with Gasteiger partial charge in [0.1, 0.15) is 15.8 Å². The number of carbonyl (C=O) groups excluding carboxylic acids is 1. The summed E-state index contributed by atoms with van der Waals surface area (Å²) in [6.07, 6.45) is 10.4. The summed E-state index contributed by atoms with van der Waals surface area (Å²) in [6, 6.07) is 3.74. The number of thiocarbonyl (C=S) groups is 1. The fourth-order valence-electron chi connectivity index (χ4n) is 3.64. The maximum absolute atomic E-state index is 13.4. The Balaban J connectivity index is 1.69. The smallest absolute Gasteiger partial charge is 0.267 e. The molecule has 0 aromatic carbocycles. The van der Waals surface area contributed by atoms with Gasteiger partial charge in [0, 0.05) is 37.7 Å². The van der Waals surface area contributed by atoms with Gasteiger partial charge in [0.15, 0.2) is 0 Å². The average Bonchev–Trinajstić information content (AvgIpc) is 3.41. The highest BCUT2D eigenvalue weighted by molar-refractivity contribution is 8.26. The number of imidazole rings is 1. The average molecular weight is 483 g/mol. The summed E-state index contributed by atoms with van der Waals surface area (Å²) in [5.74, 6) is 0.299. The van der Waals surface area contributed by atoms with E-state index in [1.165, 1.54) is 16.2 Å². The molecular formula is C23H26N6O2S2. The fraction of sp³-hybridized carbons (Fsp3) is 0.348. The molecule has 0 aliphatic carbocycles. The lowest BCUT2D eigenvalue weighted by Gasteiger charge is -2.21. The highest BCUT2D eigenvalue weighted by Gasteiger charge is 2.35. The van der Waals surface area contributed by atoms with Gasteiger partial charge in [-0.1, -0.05) is 37.0 Å². The molecule has 1 N–H and O–H groups in total. The molecule has 0 bridgehead atoms. The van der Waals surface area contributed by atoms with Crippen LogP contribution in [-0.4, -0.2) is 46.6 Å². The minimum absolute atomic E-state index is 0.00245. The van der Waals surface area contributed by atoms with Gasteiger partial charge in [-0.15, -0.1) is 0 Å². The minimum Gasteiger partial charge on any atom is -0.369 e. The largest absolute Gasteiger partial charge is 0.369 e. The van der Waals surface area contributed by atoms with Crippen LogP contribution in [0.15, 0.2) is 46.8 Å². The van der Waals surface area contributed by atoms with Gasteiger partial charge in [-0.05, 0) is 44.4 Å². The maximum atomic E-state index is 13.4. The normalized spacial score (nSPS) is 16.2. The zero-order valence-corrected chi connectivity index (χ0v) is 20.4. The lowest BCUT2D eigenvalue weighted by atomic mass is 10.2. The number of pyridine rings is 1. The molecule has 10 heteroatoms. The van der Waals surface area contributed by atoms with Crippen molar-refractivity contribution in [2.24, 2.45) is 0 Å². The van der Waals surface area contributed by atoms with Crippen LogP contribution in [0.3, 0.4) is 0 Å². The van der Waals surface area contributed by atoms with E-state index < -0.39 is 0 Å². The molecule has 3 aromatic heterocycles. The number of rotatable bonds is 8. The molecule has 0 saturated carbocycles. The Morgan fingerprint density at radius 2 is 2.12 bits per heavy atom. The zero-order chi connectivity index (χ0) is 23.5. The number of thioether (sulfide) groups is 1. The number of fused-ring (bicyclic) bond motifs is 1. The van der Waals surface area contributed by atoms with E-state index in [4.69, 9.17) is 17.2 Å². The Hall–Kier alpha value is -2.98. The van der Waals surface area contributed by atoms with Crippen molar-refractivity contribution in [2.45, 2.75) is 46.2 Å². The number of hydrogen-bond acceptors (Lipinski definition) is 7. The minimum atomic E-state index is -0.227. The molecule has 8 nitrogen and oxygen atoms in total. The molecule has 4 heterocycles. The van der Waals surface area contributed by atoms with Crippen LogP contribution in [0.5, 0.6) is 0 Å². The summed E-state index contributed by atoms with van der Waals surface area (Å²) in [5.41, 5.74) is 1.61. The quantitative estimate of drug-likeness (QED) is 0.298. The second-order valence-electron chi connectivity index (χ2n) is 7.95. The third kappa shape index (κ3) is 4.72. The van der Waals surface area contributed by atoms with Crippen LogP contribution in [0.2, 0.25) is 0 Å². The zero-order valence-electron chi connectivity index (χ0n) is 18.8. The molecule has 1 amide bonds. The number of nitrogens with zero attached hydrogens (tertiary/aromatic N) is 5. The van der Waals surface area contributed by atoms with Crippen LogP contribution in [0.25, 0.3) is 11.7 Å². The van der Waals surface area contributed by atoms with Crippen molar-refractivity contribution in [1.82, 2.24) is 23.8 Å².